The van der Waals surface area contributed by atoms with Crippen LogP contribution in [0.1, 0.15) is 33.5 Å². The summed E-state index contributed by atoms with van der Waals surface area (Å²) >= 11 is 0. The van der Waals surface area contributed by atoms with Gasteiger partial charge in [-0.3, -0.25) is 14.4 Å². The number of halogens is 1. The van der Waals surface area contributed by atoms with Gasteiger partial charge in [0.25, 0.3) is 5.91 Å². The van der Waals surface area contributed by atoms with Crippen LogP contribution in [0.15, 0.2) is 72.8 Å². The minimum atomic E-state index is -0.945. The number of benzene rings is 3. The Morgan fingerprint density at radius 2 is 1.55 bits per heavy atom. The largest absolute Gasteiger partial charge is 0.388 e. The molecule has 0 aromatic heterocycles. The smallest absolute Gasteiger partial charge is 0.251 e. The molecular weight excluding hydrogens is 485 g/mol. The van der Waals surface area contributed by atoms with E-state index in [0.717, 1.165) is 11.1 Å². The highest BCUT2D eigenvalue weighted by molar-refractivity contribution is 5.98. The third-order valence-electron chi connectivity index (χ3n) is 5.41. The zero-order valence-corrected chi connectivity index (χ0v) is 20.5. The molecule has 8 heteroatoms. The molecule has 0 heterocycles. The van der Waals surface area contributed by atoms with Crippen molar-refractivity contribution in [3.8, 4) is 23.7 Å². The minimum Gasteiger partial charge on any atom is -0.388 e. The number of Topliss-reactive ketones (excluding diaryl/α,β-unsaturated/α-hetero) is 1. The summed E-state index contributed by atoms with van der Waals surface area (Å²) in [6, 6.07) is 18.7. The van der Waals surface area contributed by atoms with Crippen molar-refractivity contribution in [2.75, 3.05) is 18.5 Å². The number of aliphatic hydroxyl groups is 1. The summed E-state index contributed by atoms with van der Waals surface area (Å²) < 4.78 is 13.2. The first-order chi connectivity index (χ1) is 18.4. The van der Waals surface area contributed by atoms with Crippen molar-refractivity contribution in [1.82, 2.24) is 5.32 Å². The third-order valence-corrected chi connectivity index (χ3v) is 5.41. The van der Waals surface area contributed by atoms with Crippen LogP contribution in [0.2, 0.25) is 0 Å². The Hall–Kier alpha value is -4.76. The fourth-order valence-corrected chi connectivity index (χ4v) is 3.35. The molecule has 1 atom stereocenters. The van der Waals surface area contributed by atoms with Gasteiger partial charge < -0.3 is 21.5 Å². The molecule has 0 aliphatic rings. The van der Waals surface area contributed by atoms with Crippen molar-refractivity contribution in [2.45, 2.75) is 18.9 Å². The maximum absolute atomic E-state index is 13.2. The fraction of sp³-hybridized carbons (Fsp3) is 0.167. The Morgan fingerprint density at radius 3 is 2.13 bits per heavy atom. The zero-order chi connectivity index (χ0) is 27.3. The van der Waals surface area contributed by atoms with Gasteiger partial charge in [-0.05, 0) is 84.5 Å². The summed E-state index contributed by atoms with van der Waals surface area (Å²) in [5, 5.41) is 14.2. The minimum absolute atomic E-state index is 0.108. The Labute approximate surface area is 220 Å². The maximum atomic E-state index is 13.2. The summed E-state index contributed by atoms with van der Waals surface area (Å²) in [5.41, 5.74) is 8.55. The van der Waals surface area contributed by atoms with Crippen molar-refractivity contribution in [3.05, 3.63) is 101 Å². The molecule has 5 N–H and O–H groups in total. The molecule has 2 amide bonds. The topological polar surface area (TPSA) is 122 Å². The normalized spacial score (nSPS) is 10.7. The maximum Gasteiger partial charge on any atom is 0.251 e. The Kier molecular flexibility index (Phi) is 10.3. The lowest BCUT2D eigenvalue weighted by molar-refractivity contribution is -0.123. The second kappa shape index (κ2) is 14.1. The van der Waals surface area contributed by atoms with E-state index in [0.29, 0.717) is 23.2 Å². The SMILES string of the molecule is NC[C@H](NC(=O)c1ccc(C#CC#Cc2ccc(NC(=O)CCc3cccc(F)c3)cc2)cc1)C(=O)CO. The molecule has 0 saturated carbocycles. The summed E-state index contributed by atoms with van der Waals surface area (Å²) in [4.78, 5) is 36.0. The van der Waals surface area contributed by atoms with Gasteiger partial charge >= 0.3 is 0 Å². The number of nitrogens with one attached hydrogen (secondary N) is 2. The van der Waals surface area contributed by atoms with Crippen LogP contribution in [-0.2, 0) is 16.0 Å². The van der Waals surface area contributed by atoms with Crippen LogP contribution >= 0.6 is 0 Å². The van der Waals surface area contributed by atoms with Gasteiger partial charge in [0, 0.05) is 35.3 Å². The lowest BCUT2D eigenvalue weighted by atomic mass is 10.1. The summed E-state index contributed by atoms with van der Waals surface area (Å²) in [7, 11) is 0. The predicted molar refractivity (Wildman–Crippen MR) is 142 cm³/mol. The summed E-state index contributed by atoms with van der Waals surface area (Å²) in [5.74, 6) is 9.79. The van der Waals surface area contributed by atoms with E-state index in [2.05, 4.69) is 34.3 Å². The van der Waals surface area contributed by atoms with E-state index in [4.69, 9.17) is 10.8 Å². The molecular formula is C30H26FN3O4. The number of rotatable bonds is 9. The van der Waals surface area contributed by atoms with Gasteiger partial charge in [-0.25, -0.2) is 4.39 Å². The van der Waals surface area contributed by atoms with Gasteiger partial charge in [-0.15, -0.1) is 0 Å². The van der Waals surface area contributed by atoms with Gasteiger partial charge in [-0.2, -0.15) is 0 Å². The van der Waals surface area contributed by atoms with Crippen molar-refractivity contribution in [1.29, 1.82) is 0 Å². The van der Waals surface area contributed by atoms with Crippen molar-refractivity contribution >= 4 is 23.3 Å². The molecule has 3 rings (SSSR count). The standard InChI is InChI=1S/C30H26FN3O4/c31-25-7-3-6-23(18-25)12-17-29(37)33-26-15-10-22(11-16-26)5-2-1-4-21-8-13-24(14-9-21)30(38)34-27(19-32)28(36)20-35/h3,6-11,13-16,18,27,35H,12,17,19-20,32H2,(H,33,37)(H,34,38)/t27-/m0/s1. The average Bonchev–Trinajstić information content (AvgIpc) is 2.93. The van der Waals surface area contributed by atoms with E-state index >= 15 is 0 Å². The molecule has 7 nitrogen and oxygen atoms in total. The first-order valence-electron chi connectivity index (χ1n) is 11.8. The summed E-state index contributed by atoms with van der Waals surface area (Å²) in [6.45, 7) is -0.805. The molecule has 3 aromatic rings. The van der Waals surface area contributed by atoms with Crippen molar-refractivity contribution < 1.29 is 23.9 Å². The highest BCUT2D eigenvalue weighted by atomic mass is 19.1. The molecule has 0 aliphatic heterocycles. The van der Waals surface area contributed by atoms with Crippen molar-refractivity contribution in [2.24, 2.45) is 5.73 Å². The number of aryl methyl sites for hydroxylation is 1. The highest BCUT2D eigenvalue weighted by Gasteiger charge is 2.18. The fourth-order valence-electron chi connectivity index (χ4n) is 3.35. The van der Waals surface area contributed by atoms with Gasteiger partial charge in [0.1, 0.15) is 18.5 Å². The van der Waals surface area contributed by atoms with E-state index in [1.807, 2.05) is 0 Å². The number of anilines is 1. The molecule has 0 fully saturated rings. The van der Waals surface area contributed by atoms with Gasteiger partial charge in [0.15, 0.2) is 5.78 Å². The van der Waals surface area contributed by atoms with E-state index in [1.165, 1.54) is 12.1 Å². The van der Waals surface area contributed by atoms with E-state index < -0.39 is 24.3 Å². The number of carbonyl (C=O) groups excluding carboxylic acids is 3. The highest BCUT2D eigenvalue weighted by Crippen LogP contribution is 2.11. The predicted octanol–water partition coefficient (Wildman–Crippen LogP) is 2.42. The number of hydrogen-bond donors (Lipinski definition) is 4. The lowest BCUT2D eigenvalue weighted by Crippen LogP contribution is -2.46. The van der Waals surface area contributed by atoms with Crippen LogP contribution in [0.4, 0.5) is 10.1 Å². The van der Waals surface area contributed by atoms with Crippen LogP contribution < -0.4 is 16.4 Å². The van der Waals surface area contributed by atoms with Crippen LogP contribution in [0.3, 0.4) is 0 Å². The van der Waals surface area contributed by atoms with Gasteiger partial charge in [0.2, 0.25) is 5.91 Å². The molecule has 0 aliphatic carbocycles. The van der Waals surface area contributed by atoms with Crippen LogP contribution in [-0.4, -0.2) is 41.9 Å². The molecule has 0 spiro atoms. The quantitative estimate of drug-likeness (QED) is 0.329. The van der Waals surface area contributed by atoms with Crippen LogP contribution in [0, 0.1) is 29.5 Å². The molecule has 0 saturated heterocycles. The number of ketones is 1. The monoisotopic (exact) mass is 511 g/mol. The third kappa shape index (κ3) is 8.72. The number of carbonyl (C=O) groups is 3. The average molecular weight is 512 g/mol. The summed E-state index contributed by atoms with van der Waals surface area (Å²) in [6.07, 6.45) is 0.686. The first-order valence-corrected chi connectivity index (χ1v) is 11.8. The van der Waals surface area contributed by atoms with E-state index in [9.17, 15) is 18.8 Å². The zero-order valence-electron chi connectivity index (χ0n) is 20.5. The molecule has 0 bridgehead atoms. The number of hydrogen-bond acceptors (Lipinski definition) is 5. The number of aliphatic hydroxyl groups excluding tert-OH is 1. The Bertz CT molecular complexity index is 1410. The van der Waals surface area contributed by atoms with E-state index in [1.54, 1.807) is 60.7 Å². The number of nitrogens with two attached hydrogens (primary N) is 1. The molecule has 0 unspecified atom stereocenters. The number of amides is 2. The second-order valence-corrected chi connectivity index (χ2v) is 8.22. The lowest BCUT2D eigenvalue weighted by Gasteiger charge is -2.14. The van der Waals surface area contributed by atoms with Gasteiger partial charge in [-0.1, -0.05) is 24.0 Å². The van der Waals surface area contributed by atoms with Crippen LogP contribution in [0.5, 0.6) is 0 Å². The molecule has 38 heavy (non-hydrogen) atoms. The van der Waals surface area contributed by atoms with E-state index in [-0.39, 0.29) is 24.7 Å². The van der Waals surface area contributed by atoms with Crippen LogP contribution in [0.25, 0.3) is 0 Å². The Morgan fingerprint density at radius 1 is 0.921 bits per heavy atom. The second-order valence-electron chi connectivity index (χ2n) is 8.22. The molecule has 192 valence electrons. The Balaban J connectivity index is 1.50. The van der Waals surface area contributed by atoms with Crippen molar-refractivity contribution in [3.63, 3.8) is 0 Å². The first kappa shape index (κ1) is 27.8. The molecule has 3 aromatic carbocycles. The van der Waals surface area contributed by atoms with Gasteiger partial charge in [0.05, 0.1) is 0 Å². The molecule has 0 radical (unpaired) electrons.